The molecule has 0 aliphatic carbocycles. The quantitative estimate of drug-likeness (QED) is 0.376. The van der Waals surface area contributed by atoms with E-state index in [0.717, 1.165) is 73.6 Å². The third kappa shape index (κ3) is 7.23. The van der Waals surface area contributed by atoms with Gasteiger partial charge in [-0.25, -0.2) is 4.98 Å². The van der Waals surface area contributed by atoms with Crippen LogP contribution in [0.1, 0.15) is 46.6 Å². The van der Waals surface area contributed by atoms with Gasteiger partial charge in [-0.3, -0.25) is 4.98 Å². The Morgan fingerprint density at radius 2 is 2.00 bits per heavy atom. The second-order valence-electron chi connectivity index (χ2n) is 10.3. The minimum absolute atomic E-state index is 0.203. The molecule has 2 fully saturated rings. The number of amides is 1. The third-order valence-electron chi connectivity index (χ3n) is 7.44. The van der Waals surface area contributed by atoms with Crippen LogP contribution in [0.25, 0.3) is 10.7 Å². The van der Waals surface area contributed by atoms with Crippen LogP contribution in [-0.4, -0.2) is 86.2 Å². The van der Waals surface area contributed by atoms with E-state index >= 15 is 0 Å². The van der Waals surface area contributed by atoms with Gasteiger partial charge in [-0.15, -0.1) is 11.3 Å². The zero-order valence-corrected chi connectivity index (χ0v) is 24.9. The fraction of sp³-hybridized carbons (Fsp3) is 0.464. The Morgan fingerprint density at radius 3 is 2.72 bits per heavy atom. The summed E-state index contributed by atoms with van der Waals surface area (Å²) in [6, 6.07) is 9.67. The number of nitrogens with zero attached hydrogens (tertiary/aromatic N) is 6. The number of likely N-dealkylation sites (tertiary alicyclic amines) is 2. The number of hydrogen-bond donors (Lipinski definition) is 2. The average molecular weight is 606 g/mol. The first kappa shape index (κ1) is 27.7. The van der Waals surface area contributed by atoms with Crippen LogP contribution in [0.4, 0.5) is 5.69 Å². The zero-order chi connectivity index (χ0) is 27.2. The van der Waals surface area contributed by atoms with E-state index in [1.807, 2.05) is 24.4 Å². The number of piperidine rings is 2. The van der Waals surface area contributed by atoms with Gasteiger partial charge in [-0.05, 0) is 12.1 Å². The molecule has 0 atom stereocenters. The van der Waals surface area contributed by atoms with Crippen LogP contribution in [-0.2, 0) is 6.54 Å². The van der Waals surface area contributed by atoms with Crippen molar-refractivity contribution in [2.24, 2.45) is 5.92 Å². The molecular formula is C28H34AsN8OS. The first-order chi connectivity index (χ1) is 19.0. The van der Waals surface area contributed by atoms with E-state index in [1.165, 1.54) is 4.88 Å². The van der Waals surface area contributed by atoms with Gasteiger partial charge in [0.25, 0.3) is 0 Å². The van der Waals surface area contributed by atoms with Gasteiger partial charge in [0.2, 0.25) is 0 Å². The Labute approximate surface area is 240 Å². The SMILES string of the molecule is CN1CCC([As]c2nc(C(=O)NCC3CCN(Cc4cnc(-c5ccccn5)s4)CC3)cc(N)c2C#N)CC1. The van der Waals surface area contributed by atoms with E-state index in [1.54, 1.807) is 23.6 Å². The summed E-state index contributed by atoms with van der Waals surface area (Å²) in [6.45, 7) is 5.62. The van der Waals surface area contributed by atoms with Gasteiger partial charge in [0, 0.05) is 12.4 Å². The van der Waals surface area contributed by atoms with Crippen molar-refractivity contribution in [3.63, 3.8) is 0 Å². The number of nitriles is 1. The molecule has 0 spiro atoms. The van der Waals surface area contributed by atoms with Crippen LogP contribution in [0.5, 0.6) is 0 Å². The van der Waals surface area contributed by atoms with Crippen LogP contribution < -0.4 is 15.5 Å². The van der Waals surface area contributed by atoms with Gasteiger partial charge in [-0.2, -0.15) is 0 Å². The number of pyridine rings is 2. The molecule has 11 heteroatoms. The van der Waals surface area contributed by atoms with Gasteiger partial charge < -0.3 is 0 Å². The molecule has 2 saturated heterocycles. The number of rotatable bonds is 8. The molecule has 0 aromatic carbocycles. The number of nitrogens with one attached hydrogen (secondary N) is 1. The minimum atomic E-state index is -0.321. The third-order valence-corrected chi connectivity index (χ3v) is 11.5. The molecule has 1 radical (unpaired) electrons. The van der Waals surface area contributed by atoms with Crippen LogP contribution in [0.2, 0.25) is 4.71 Å². The van der Waals surface area contributed by atoms with Crippen molar-refractivity contribution in [3.8, 4) is 16.8 Å². The summed E-state index contributed by atoms with van der Waals surface area (Å²) >= 11 is 1.38. The van der Waals surface area contributed by atoms with Crippen molar-refractivity contribution >= 4 is 43.2 Å². The van der Waals surface area contributed by atoms with E-state index in [0.29, 0.717) is 34.1 Å². The van der Waals surface area contributed by atoms with Crippen LogP contribution in [0.15, 0.2) is 36.7 Å². The van der Waals surface area contributed by atoms with E-state index in [9.17, 15) is 10.1 Å². The molecule has 0 unspecified atom stereocenters. The number of aromatic nitrogens is 3. The number of carbonyl (C=O) groups excluding carboxylic acids is 1. The van der Waals surface area contributed by atoms with E-state index in [2.05, 4.69) is 43.2 Å². The number of anilines is 1. The van der Waals surface area contributed by atoms with Crippen LogP contribution >= 0.6 is 11.3 Å². The molecule has 0 bridgehead atoms. The summed E-state index contributed by atoms with van der Waals surface area (Å²) in [5.41, 5.74) is 8.25. The molecule has 3 aromatic heterocycles. The van der Waals surface area contributed by atoms with E-state index < -0.39 is 0 Å². The number of nitrogen functional groups attached to an aromatic ring is 1. The summed E-state index contributed by atoms with van der Waals surface area (Å²) in [4.78, 5) is 32.7. The molecule has 2 aliphatic heterocycles. The number of carbonyl (C=O) groups is 1. The second-order valence-corrected chi connectivity index (χ2v) is 14.4. The fourth-order valence-electron chi connectivity index (χ4n) is 5.06. The molecule has 39 heavy (non-hydrogen) atoms. The van der Waals surface area contributed by atoms with E-state index in [4.69, 9.17) is 5.73 Å². The van der Waals surface area contributed by atoms with Gasteiger partial charge in [-0.1, -0.05) is 6.07 Å². The molecule has 9 nitrogen and oxygen atoms in total. The summed E-state index contributed by atoms with van der Waals surface area (Å²) in [5, 5.41) is 13.7. The molecule has 3 N–H and O–H groups in total. The van der Waals surface area contributed by atoms with Crippen molar-refractivity contribution in [3.05, 3.63) is 52.8 Å². The molecule has 2 aliphatic rings. The van der Waals surface area contributed by atoms with Crippen molar-refractivity contribution < 1.29 is 4.79 Å². The summed E-state index contributed by atoms with van der Waals surface area (Å²) in [6.07, 6.45) is 8.02. The van der Waals surface area contributed by atoms with Gasteiger partial charge in [0.1, 0.15) is 5.01 Å². The molecule has 0 saturated carbocycles. The van der Waals surface area contributed by atoms with Gasteiger partial charge >= 0.3 is 179 Å². The predicted molar refractivity (Wildman–Crippen MR) is 155 cm³/mol. The Morgan fingerprint density at radius 1 is 1.21 bits per heavy atom. The number of nitrogens with two attached hydrogens (primary N) is 1. The Kier molecular flexibility index (Phi) is 9.25. The topological polar surface area (TPSA) is 124 Å². The van der Waals surface area contributed by atoms with Crippen LogP contribution in [0.3, 0.4) is 0 Å². The standard InChI is InChI=1S/C28H34AsN8OS/c1-36-10-7-20(8-11-36)29-26-22(15-30)23(31)14-25(35-26)27(38)33-16-19-5-12-37(13-6-19)18-21-17-34-28(39-21)24-4-2-3-9-32-24/h2-4,9,14,17,19-20H,5-8,10-13,16,18H2,1H3,(H2,31,35)(H,33,38). The van der Waals surface area contributed by atoms with Gasteiger partial charge in [0.15, 0.2) is 0 Å². The maximum atomic E-state index is 13.0. The molecule has 5 heterocycles. The molecule has 5 rings (SSSR count). The second kappa shape index (κ2) is 13.0. The van der Waals surface area contributed by atoms with Gasteiger partial charge in [0.05, 0.1) is 5.69 Å². The first-order valence-electron chi connectivity index (χ1n) is 13.4. The molecule has 3 aromatic rings. The van der Waals surface area contributed by atoms with Crippen molar-refractivity contribution in [1.82, 2.24) is 30.1 Å². The fourth-order valence-corrected chi connectivity index (χ4v) is 8.73. The van der Waals surface area contributed by atoms with Crippen molar-refractivity contribution in [2.75, 3.05) is 45.5 Å². The Hall–Kier alpha value is -2.83. The molecule has 1 amide bonds. The number of thiazole rings is 1. The zero-order valence-electron chi connectivity index (χ0n) is 22.2. The molecular weight excluding hydrogens is 571 g/mol. The Bertz CT molecular complexity index is 1310. The molecule has 203 valence electrons. The summed E-state index contributed by atoms with van der Waals surface area (Å²) in [5.74, 6) is 0.225. The summed E-state index contributed by atoms with van der Waals surface area (Å²) < 4.78 is 1.29. The first-order valence-corrected chi connectivity index (χ1v) is 16.3. The maximum absolute atomic E-state index is 13.0. The van der Waals surface area contributed by atoms with E-state index in [-0.39, 0.29) is 21.7 Å². The number of hydrogen-bond acceptors (Lipinski definition) is 9. The van der Waals surface area contributed by atoms with Crippen molar-refractivity contribution in [2.45, 2.75) is 36.9 Å². The average Bonchev–Trinajstić information content (AvgIpc) is 3.42. The van der Waals surface area contributed by atoms with Crippen LogP contribution in [0, 0.1) is 17.2 Å². The monoisotopic (exact) mass is 605 g/mol. The Balaban J connectivity index is 1.11. The normalized spacial score (nSPS) is 17.9. The summed E-state index contributed by atoms with van der Waals surface area (Å²) in [7, 11) is 2.14. The predicted octanol–water partition coefficient (Wildman–Crippen LogP) is 2.54. The van der Waals surface area contributed by atoms with Crippen molar-refractivity contribution in [1.29, 1.82) is 5.26 Å².